The summed E-state index contributed by atoms with van der Waals surface area (Å²) in [5.74, 6) is 0.0887. The van der Waals surface area contributed by atoms with Crippen molar-refractivity contribution in [2.24, 2.45) is 0 Å². The number of aliphatic carboxylic acids is 1. The van der Waals surface area contributed by atoms with Gasteiger partial charge in [0.15, 0.2) is 0 Å². The molecule has 1 aromatic heterocycles. The van der Waals surface area contributed by atoms with Crippen molar-refractivity contribution >= 4 is 5.97 Å². The monoisotopic (exact) mass is 244 g/mol. The predicted molar refractivity (Wildman–Crippen MR) is 68.5 cm³/mol. The molecule has 0 fully saturated rings. The lowest BCUT2D eigenvalue weighted by Crippen LogP contribution is -1.98. The molecule has 1 heterocycles. The average molecular weight is 244 g/mol. The number of aryl methyl sites for hydroxylation is 2. The fourth-order valence-corrected chi connectivity index (χ4v) is 1.88. The van der Waals surface area contributed by atoms with E-state index in [4.69, 9.17) is 5.11 Å². The molecule has 0 saturated heterocycles. The van der Waals surface area contributed by atoms with Gasteiger partial charge >= 0.3 is 5.97 Å². The molecule has 18 heavy (non-hydrogen) atoms. The molecule has 2 N–H and O–H groups in total. The summed E-state index contributed by atoms with van der Waals surface area (Å²) in [4.78, 5) is 17.9. The number of nitrogens with zero attached hydrogens (tertiary/aromatic N) is 1. The van der Waals surface area contributed by atoms with Crippen molar-refractivity contribution in [1.82, 2.24) is 9.97 Å². The normalized spacial score (nSPS) is 10.5. The number of nitrogens with one attached hydrogen (secondary N) is 1. The third kappa shape index (κ3) is 3.45. The lowest BCUT2D eigenvalue weighted by molar-refractivity contribution is -0.136. The van der Waals surface area contributed by atoms with Gasteiger partial charge in [-0.3, -0.25) is 4.79 Å². The van der Waals surface area contributed by atoms with Crippen molar-refractivity contribution in [2.45, 2.75) is 26.2 Å². The Morgan fingerprint density at radius 1 is 1.44 bits per heavy atom. The number of benzene rings is 1. The molecule has 4 heteroatoms. The topological polar surface area (TPSA) is 66.0 Å². The number of aromatic amines is 1. The standard InChI is InChI=1S/C14H16N2O2/c1-10-3-2-4-11(7-10)8-13-15-9-12(16-13)5-6-14(17)18/h2-4,7,9H,5-6,8H2,1H3,(H,15,16)(H,17,18). The summed E-state index contributed by atoms with van der Waals surface area (Å²) >= 11 is 0. The SMILES string of the molecule is Cc1cccc(Cc2ncc(CCC(=O)O)[nH]2)c1. The minimum absolute atomic E-state index is 0.131. The first-order valence-electron chi connectivity index (χ1n) is 5.93. The molecule has 0 aliphatic carbocycles. The smallest absolute Gasteiger partial charge is 0.303 e. The molecule has 2 aromatic rings. The Balaban J connectivity index is 2.00. The minimum atomic E-state index is -0.787. The zero-order valence-electron chi connectivity index (χ0n) is 10.3. The summed E-state index contributed by atoms with van der Waals surface area (Å²) in [6.07, 6.45) is 3.09. The number of hydrogen-bond donors (Lipinski definition) is 2. The molecule has 0 unspecified atom stereocenters. The number of rotatable bonds is 5. The fourth-order valence-electron chi connectivity index (χ4n) is 1.88. The molecule has 0 saturated carbocycles. The average Bonchev–Trinajstić information content (AvgIpc) is 2.74. The Morgan fingerprint density at radius 2 is 2.28 bits per heavy atom. The quantitative estimate of drug-likeness (QED) is 0.848. The highest BCUT2D eigenvalue weighted by Crippen LogP contribution is 2.09. The van der Waals surface area contributed by atoms with Gasteiger partial charge in [-0.15, -0.1) is 0 Å². The van der Waals surface area contributed by atoms with Gasteiger partial charge in [0.2, 0.25) is 0 Å². The lowest BCUT2D eigenvalue weighted by Gasteiger charge is -2.00. The molecule has 0 spiro atoms. The lowest BCUT2D eigenvalue weighted by atomic mass is 10.1. The van der Waals surface area contributed by atoms with Crippen molar-refractivity contribution in [3.8, 4) is 0 Å². The summed E-state index contributed by atoms with van der Waals surface area (Å²) in [7, 11) is 0. The highest BCUT2D eigenvalue weighted by molar-refractivity contribution is 5.66. The van der Waals surface area contributed by atoms with E-state index in [-0.39, 0.29) is 6.42 Å². The molecule has 0 amide bonds. The first-order chi connectivity index (χ1) is 8.63. The van der Waals surface area contributed by atoms with Crippen molar-refractivity contribution in [1.29, 1.82) is 0 Å². The van der Waals surface area contributed by atoms with Crippen molar-refractivity contribution < 1.29 is 9.90 Å². The number of H-pyrrole nitrogens is 1. The Morgan fingerprint density at radius 3 is 3.00 bits per heavy atom. The molecule has 1 aromatic carbocycles. The number of aromatic nitrogens is 2. The largest absolute Gasteiger partial charge is 0.481 e. The van der Waals surface area contributed by atoms with Crippen LogP contribution in [0.25, 0.3) is 0 Å². The van der Waals surface area contributed by atoms with Gasteiger partial charge in [0.25, 0.3) is 0 Å². The number of imidazole rings is 1. The Labute approximate surface area is 106 Å². The van der Waals surface area contributed by atoms with Crippen LogP contribution >= 0.6 is 0 Å². The van der Waals surface area contributed by atoms with E-state index in [1.807, 2.05) is 6.07 Å². The molecular formula is C14H16N2O2. The highest BCUT2D eigenvalue weighted by Gasteiger charge is 2.04. The molecule has 4 nitrogen and oxygen atoms in total. The second kappa shape index (κ2) is 5.49. The maximum atomic E-state index is 10.5. The van der Waals surface area contributed by atoms with Gasteiger partial charge in [0.1, 0.15) is 5.82 Å². The molecule has 0 bridgehead atoms. The van der Waals surface area contributed by atoms with Gasteiger partial charge < -0.3 is 10.1 Å². The van der Waals surface area contributed by atoms with E-state index in [1.165, 1.54) is 11.1 Å². The molecule has 0 aliphatic rings. The van der Waals surface area contributed by atoms with Crippen LogP contribution in [0.15, 0.2) is 30.5 Å². The number of carbonyl (C=O) groups is 1. The second-order valence-corrected chi connectivity index (χ2v) is 4.41. The fraction of sp³-hybridized carbons (Fsp3) is 0.286. The number of carboxylic acid groups (broad SMARTS) is 1. The summed E-state index contributed by atoms with van der Waals surface area (Å²) in [5, 5.41) is 8.61. The van der Waals surface area contributed by atoms with Gasteiger partial charge in [-0.2, -0.15) is 0 Å². The second-order valence-electron chi connectivity index (χ2n) is 4.41. The molecular weight excluding hydrogens is 228 g/mol. The zero-order valence-corrected chi connectivity index (χ0v) is 10.3. The van der Waals surface area contributed by atoms with Crippen LogP contribution in [0.1, 0.15) is 29.1 Å². The molecule has 94 valence electrons. The van der Waals surface area contributed by atoms with Crippen molar-refractivity contribution in [2.75, 3.05) is 0 Å². The zero-order chi connectivity index (χ0) is 13.0. The van der Waals surface area contributed by atoms with Crippen molar-refractivity contribution in [3.63, 3.8) is 0 Å². The summed E-state index contributed by atoms with van der Waals surface area (Å²) in [6.45, 7) is 2.06. The summed E-state index contributed by atoms with van der Waals surface area (Å²) in [5.41, 5.74) is 3.30. The van der Waals surface area contributed by atoms with Crippen LogP contribution in [0.4, 0.5) is 0 Å². The Hall–Kier alpha value is -2.10. The molecule has 2 rings (SSSR count). The van der Waals surface area contributed by atoms with Crippen LogP contribution in [-0.4, -0.2) is 21.0 Å². The first-order valence-corrected chi connectivity index (χ1v) is 5.93. The highest BCUT2D eigenvalue weighted by atomic mass is 16.4. The predicted octanol–water partition coefficient (Wildman–Crippen LogP) is 2.33. The van der Waals surface area contributed by atoms with E-state index in [1.54, 1.807) is 6.20 Å². The molecule has 0 atom stereocenters. The van der Waals surface area contributed by atoms with E-state index in [0.717, 1.165) is 17.9 Å². The van der Waals surface area contributed by atoms with Crippen LogP contribution in [0.3, 0.4) is 0 Å². The van der Waals surface area contributed by atoms with E-state index in [2.05, 4.69) is 35.1 Å². The minimum Gasteiger partial charge on any atom is -0.481 e. The van der Waals surface area contributed by atoms with Crippen LogP contribution in [0, 0.1) is 6.92 Å². The third-order valence-corrected chi connectivity index (χ3v) is 2.74. The molecule has 0 radical (unpaired) electrons. The van der Waals surface area contributed by atoms with Crippen LogP contribution < -0.4 is 0 Å². The van der Waals surface area contributed by atoms with Crippen molar-refractivity contribution in [3.05, 3.63) is 53.1 Å². The molecule has 0 aliphatic heterocycles. The van der Waals surface area contributed by atoms with Gasteiger partial charge in [-0.05, 0) is 18.9 Å². The van der Waals surface area contributed by atoms with Gasteiger partial charge in [-0.25, -0.2) is 4.98 Å². The van der Waals surface area contributed by atoms with Gasteiger partial charge in [0, 0.05) is 18.3 Å². The third-order valence-electron chi connectivity index (χ3n) is 2.74. The van der Waals surface area contributed by atoms with Gasteiger partial charge in [0.05, 0.1) is 6.42 Å². The maximum Gasteiger partial charge on any atom is 0.303 e. The maximum absolute atomic E-state index is 10.5. The number of carboxylic acids is 1. The Kier molecular flexibility index (Phi) is 3.77. The van der Waals surface area contributed by atoms with E-state index >= 15 is 0 Å². The van der Waals surface area contributed by atoms with E-state index in [0.29, 0.717) is 6.42 Å². The van der Waals surface area contributed by atoms with Crippen LogP contribution in [0.2, 0.25) is 0 Å². The van der Waals surface area contributed by atoms with E-state index < -0.39 is 5.97 Å². The summed E-state index contributed by atoms with van der Waals surface area (Å²) in [6, 6.07) is 8.27. The van der Waals surface area contributed by atoms with Crippen LogP contribution in [0.5, 0.6) is 0 Å². The summed E-state index contributed by atoms with van der Waals surface area (Å²) < 4.78 is 0. The first kappa shape index (κ1) is 12.4. The van der Waals surface area contributed by atoms with E-state index in [9.17, 15) is 4.79 Å². The van der Waals surface area contributed by atoms with Crippen LogP contribution in [-0.2, 0) is 17.6 Å². The van der Waals surface area contributed by atoms with Gasteiger partial charge in [-0.1, -0.05) is 29.8 Å². The Bertz CT molecular complexity index is 546. The number of hydrogen-bond acceptors (Lipinski definition) is 2.